The molecule has 0 radical (unpaired) electrons. The van der Waals surface area contributed by atoms with E-state index in [2.05, 4.69) is 15.9 Å². The smallest absolute Gasteiger partial charge is 0.307 e. The van der Waals surface area contributed by atoms with Crippen LogP contribution in [0.25, 0.3) is 0 Å². The van der Waals surface area contributed by atoms with E-state index in [1.807, 2.05) is 0 Å². The van der Waals surface area contributed by atoms with Crippen LogP contribution in [-0.4, -0.2) is 19.5 Å². The Kier molecular flexibility index (Phi) is 5.81. The molecule has 0 bridgehead atoms. The summed E-state index contributed by atoms with van der Waals surface area (Å²) in [6, 6.07) is 15.8. The van der Waals surface area contributed by atoms with E-state index in [-0.39, 0.29) is 27.7 Å². The molecule has 3 aromatic carbocycles. The van der Waals surface area contributed by atoms with Crippen LogP contribution in [0.4, 0.5) is 4.39 Å². The number of carboxylic acids is 1. The molecule has 0 saturated carbocycles. The van der Waals surface area contributed by atoms with Crippen molar-refractivity contribution in [3.63, 3.8) is 0 Å². The first-order chi connectivity index (χ1) is 13.3. The number of hydrogen-bond acceptors (Lipinski definition) is 4. The molecule has 5 nitrogen and oxygen atoms in total. The Morgan fingerprint density at radius 1 is 1.00 bits per heavy atom. The van der Waals surface area contributed by atoms with Crippen LogP contribution in [0.5, 0.6) is 11.5 Å². The highest BCUT2D eigenvalue weighted by Crippen LogP contribution is 2.31. The fourth-order valence-electron chi connectivity index (χ4n) is 2.55. The summed E-state index contributed by atoms with van der Waals surface area (Å²) >= 11 is 3.25. The third kappa shape index (κ3) is 4.58. The lowest BCUT2D eigenvalue weighted by atomic mass is 10.1. The van der Waals surface area contributed by atoms with Crippen LogP contribution in [0.1, 0.15) is 5.56 Å². The van der Waals surface area contributed by atoms with E-state index in [1.165, 1.54) is 30.3 Å². The largest absolute Gasteiger partial charge is 0.481 e. The first-order valence-electron chi connectivity index (χ1n) is 8.04. The van der Waals surface area contributed by atoms with Crippen LogP contribution >= 0.6 is 15.9 Å². The molecule has 0 atom stereocenters. The summed E-state index contributed by atoms with van der Waals surface area (Å²) in [5, 5.41) is 8.91. The molecule has 0 saturated heterocycles. The van der Waals surface area contributed by atoms with E-state index in [9.17, 15) is 17.6 Å². The summed E-state index contributed by atoms with van der Waals surface area (Å²) in [6.45, 7) is 0. The molecular formula is C20H14BrFO5S. The molecule has 0 unspecified atom stereocenters. The number of carboxylic acid groups (broad SMARTS) is 1. The number of hydrogen-bond donors (Lipinski definition) is 1. The monoisotopic (exact) mass is 464 g/mol. The average Bonchev–Trinajstić information content (AvgIpc) is 2.63. The minimum Gasteiger partial charge on any atom is -0.481 e. The van der Waals surface area contributed by atoms with E-state index < -0.39 is 21.6 Å². The molecule has 144 valence electrons. The van der Waals surface area contributed by atoms with E-state index in [1.54, 1.807) is 30.3 Å². The second-order valence-electron chi connectivity index (χ2n) is 5.88. The van der Waals surface area contributed by atoms with Gasteiger partial charge in [-0.1, -0.05) is 34.1 Å². The highest BCUT2D eigenvalue weighted by Gasteiger charge is 2.19. The van der Waals surface area contributed by atoms with Gasteiger partial charge >= 0.3 is 5.97 Å². The molecule has 0 spiro atoms. The summed E-state index contributed by atoms with van der Waals surface area (Å²) in [6.07, 6.45) is -0.216. The number of sulfone groups is 1. The summed E-state index contributed by atoms with van der Waals surface area (Å²) in [5.74, 6) is -1.81. The Labute approximate surface area is 169 Å². The van der Waals surface area contributed by atoms with Gasteiger partial charge in [-0.3, -0.25) is 4.79 Å². The van der Waals surface area contributed by atoms with Gasteiger partial charge in [0.05, 0.1) is 16.2 Å². The third-order valence-corrected chi connectivity index (χ3v) is 6.01. The highest BCUT2D eigenvalue weighted by atomic mass is 79.9. The van der Waals surface area contributed by atoms with Gasteiger partial charge in [-0.15, -0.1) is 0 Å². The molecule has 1 N–H and O–H groups in total. The maximum absolute atomic E-state index is 14.5. The minimum absolute atomic E-state index is 0.0633. The predicted octanol–water partition coefficient (Wildman–Crippen LogP) is 4.84. The fraction of sp³-hybridized carbons (Fsp3) is 0.0500. The van der Waals surface area contributed by atoms with E-state index in [4.69, 9.17) is 9.84 Å². The van der Waals surface area contributed by atoms with Crippen molar-refractivity contribution >= 4 is 31.7 Å². The fourth-order valence-corrected chi connectivity index (χ4v) is 4.36. The Hall–Kier alpha value is -2.71. The molecule has 28 heavy (non-hydrogen) atoms. The minimum atomic E-state index is -3.85. The van der Waals surface area contributed by atoms with Crippen molar-refractivity contribution in [3.8, 4) is 11.5 Å². The first-order valence-corrected chi connectivity index (χ1v) is 10.3. The van der Waals surface area contributed by atoms with Gasteiger partial charge in [0.15, 0.2) is 11.6 Å². The topological polar surface area (TPSA) is 80.7 Å². The van der Waals surface area contributed by atoms with Crippen molar-refractivity contribution in [2.75, 3.05) is 0 Å². The van der Waals surface area contributed by atoms with Crippen LogP contribution in [-0.2, 0) is 21.1 Å². The van der Waals surface area contributed by atoms with Gasteiger partial charge in [0.2, 0.25) is 9.84 Å². The second-order valence-corrected chi connectivity index (χ2v) is 8.74. The average molecular weight is 465 g/mol. The molecule has 0 aromatic heterocycles. The molecule has 0 amide bonds. The maximum atomic E-state index is 14.5. The van der Waals surface area contributed by atoms with Crippen molar-refractivity contribution in [1.82, 2.24) is 0 Å². The first kappa shape index (κ1) is 20.0. The molecule has 0 aliphatic heterocycles. The number of aliphatic carboxylic acids is 1. The van der Waals surface area contributed by atoms with Crippen LogP contribution in [0, 0.1) is 5.82 Å². The van der Waals surface area contributed by atoms with Gasteiger partial charge in [0.25, 0.3) is 0 Å². The summed E-state index contributed by atoms with van der Waals surface area (Å²) in [4.78, 5) is 10.8. The summed E-state index contributed by atoms with van der Waals surface area (Å²) in [7, 11) is -3.85. The SMILES string of the molecule is O=C(O)Cc1cc(Br)cc(Oc2ccc(S(=O)(=O)c3ccccc3)cc2F)c1. The van der Waals surface area contributed by atoms with Crippen molar-refractivity contribution in [3.05, 3.63) is 82.6 Å². The third-order valence-electron chi connectivity index (χ3n) is 3.78. The van der Waals surface area contributed by atoms with Crippen LogP contribution in [0.2, 0.25) is 0 Å². The number of ether oxygens (including phenoxy) is 1. The molecule has 8 heteroatoms. The molecule has 0 aliphatic rings. The number of carbonyl (C=O) groups is 1. The highest BCUT2D eigenvalue weighted by molar-refractivity contribution is 9.10. The van der Waals surface area contributed by atoms with Gasteiger partial charge in [0, 0.05) is 4.47 Å². The van der Waals surface area contributed by atoms with Gasteiger partial charge in [-0.05, 0) is 54.1 Å². The summed E-state index contributed by atoms with van der Waals surface area (Å²) < 4.78 is 45.7. The molecule has 0 fully saturated rings. The van der Waals surface area contributed by atoms with Crippen molar-refractivity contribution < 1.29 is 27.4 Å². The van der Waals surface area contributed by atoms with Gasteiger partial charge in [-0.25, -0.2) is 12.8 Å². The zero-order chi connectivity index (χ0) is 20.3. The lowest BCUT2D eigenvalue weighted by Gasteiger charge is -2.11. The normalized spacial score (nSPS) is 11.2. The van der Waals surface area contributed by atoms with Crippen LogP contribution in [0.15, 0.2) is 81.0 Å². The molecular weight excluding hydrogens is 451 g/mol. The van der Waals surface area contributed by atoms with Crippen LogP contribution < -0.4 is 4.74 Å². The Morgan fingerprint density at radius 3 is 2.36 bits per heavy atom. The van der Waals surface area contributed by atoms with Gasteiger partial charge in [0.1, 0.15) is 5.75 Å². The molecule has 3 rings (SSSR count). The maximum Gasteiger partial charge on any atom is 0.307 e. The quantitative estimate of drug-likeness (QED) is 0.564. The second kappa shape index (κ2) is 8.12. The van der Waals surface area contributed by atoms with Crippen molar-refractivity contribution in [2.45, 2.75) is 16.2 Å². The van der Waals surface area contributed by atoms with Gasteiger partial charge in [-0.2, -0.15) is 0 Å². The Morgan fingerprint density at radius 2 is 1.71 bits per heavy atom. The van der Waals surface area contributed by atoms with E-state index in [0.29, 0.717) is 10.0 Å². The predicted molar refractivity (Wildman–Crippen MR) is 104 cm³/mol. The molecule has 3 aromatic rings. The van der Waals surface area contributed by atoms with E-state index >= 15 is 0 Å². The molecule has 0 heterocycles. The van der Waals surface area contributed by atoms with Crippen LogP contribution in [0.3, 0.4) is 0 Å². The number of rotatable bonds is 6. The number of halogens is 2. The Bertz CT molecular complexity index is 1130. The lowest BCUT2D eigenvalue weighted by molar-refractivity contribution is -0.136. The standard InChI is InChI=1S/C20H14BrFO5S/c21-14-8-13(10-20(23)24)9-15(11-14)27-19-7-6-17(12-18(19)22)28(25,26)16-4-2-1-3-5-16/h1-9,11-12H,10H2,(H,23,24). The van der Waals surface area contributed by atoms with Crippen molar-refractivity contribution in [2.24, 2.45) is 0 Å². The zero-order valence-electron chi connectivity index (χ0n) is 14.3. The Balaban J connectivity index is 1.90. The number of benzene rings is 3. The summed E-state index contributed by atoms with van der Waals surface area (Å²) in [5.41, 5.74) is 0.473. The lowest BCUT2D eigenvalue weighted by Crippen LogP contribution is -2.03. The van der Waals surface area contributed by atoms with Gasteiger partial charge < -0.3 is 9.84 Å². The zero-order valence-corrected chi connectivity index (χ0v) is 16.7. The van der Waals surface area contributed by atoms with E-state index in [0.717, 1.165) is 6.07 Å². The molecule has 0 aliphatic carbocycles. The van der Waals surface area contributed by atoms with Crippen molar-refractivity contribution in [1.29, 1.82) is 0 Å².